The number of aliphatic hydroxyl groups is 1. The van der Waals surface area contributed by atoms with Crippen LogP contribution in [0, 0.1) is 40.4 Å². The first kappa shape index (κ1) is 27.1. The molecule has 0 aromatic rings. The first-order valence-electron chi connectivity index (χ1n) is 12.3. The molecule has 3 saturated carbocycles. The van der Waals surface area contributed by atoms with E-state index in [1.165, 1.54) is 44.9 Å². The molecule has 2 nitrogen and oxygen atoms in total. The van der Waals surface area contributed by atoms with Gasteiger partial charge in [-0.15, -0.1) is 6.58 Å². The van der Waals surface area contributed by atoms with Crippen molar-refractivity contribution in [2.24, 2.45) is 33.5 Å². The van der Waals surface area contributed by atoms with Crippen molar-refractivity contribution in [2.75, 3.05) is 13.7 Å². The fraction of sp³-hybridized carbons (Fsp3) is 0.821. The minimum atomic E-state index is -0.704. The standard InChI is InChI=1S/C28H47O2.Rh/c1-9-13-27(29,20-30-8)19-24(5)14-12-23-25(6,18-24)16-17-26(7)22(21(3)4)11-15-28(23,26)10-2;/h10,22-23,29H,2-4,9,11-20H2,1,5-8H3;/q-1;/t22-,23-,24+,25-,26-,27-,28+;/m1./s1. The smallest absolute Gasteiger partial charge is 0.0885 e. The van der Waals surface area contributed by atoms with Gasteiger partial charge >= 0.3 is 0 Å². The fourth-order valence-electron chi connectivity index (χ4n) is 9.03. The Hall–Kier alpha value is -0.107. The van der Waals surface area contributed by atoms with Crippen LogP contribution in [-0.2, 0) is 24.2 Å². The predicted octanol–water partition coefficient (Wildman–Crippen LogP) is 7.14. The first-order chi connectivity index (χ1) is 13.9. The van der Waals surface area contributed by atoms with Crippen molar-refractivity contribution < 1.29 is 29.3 Å². The van der Waals surface area contributed by atoms with Gasteiger partial charge in [0.15, 0.2) is 0 Å². The van der Waals surface area contributed by atoms with Gasteiger partial charge in [-0.2, -0.15) is 0 Å². The minimum absolute atomic E-state index is 0. The second kappa shape index (κ2) is 9.27. The van der Waals surface area contributed by atoms with Crippen molar-refractivity contribution in [3.63, 3.8) is 0 Å². The van der Waals surface area contributed by atoms with Crippen LogP contribution in [0.2, 0.25) is 0 Å². The number of hydrogen-bond acceptors (Lipinski definition) is 2. The summed E-state index contributed by atoms with van der Waals surface area (Å²) in [6, 6.07) is 0. The molecule has 0 bridgehead atoms. The molecule has 0 spiro atoms. The molecule has 3 heteroatoms. The molecule has 0 amide bonds. The molecule has 7 atom stereocenters. The summed E-state index contributed by atoms with van der Waals surface area (Å²) in [6.07, 6.45) is 13.6. The van der Waals surface area contributed by atoms with Crippen LogP contribution in [-0.4, -0.2) is 24.4 Å². The van der Waals surface area contributed by atoms with E-state index in [4.69, 9.17) is 4.74 Å². The van der Waals surface area contributed by atoms with Gasteiger partial charge in [-0.05, 0) is 91.3 Å². The zero-order valence-corrected chi connectivity index (χ0v) is 22.5. The Kier molecular flexibility index (Phi) is 8.11. The van der Waals surface area contributed by atoms with Crippen molar-refractivity contribution in [3.8, 4) is 0 Å². The number of rotatable bonds is 8. The van der Waals surface area contributed by atoms with E-state index in [0.29, 0.717) is 23.9 Å². The van der Waals surface area contributed by atoms with E-state index in [1.807, 2.05) is 0 Å². The third kappa shape index (κ3) is 4.38. The van der Waals surface area contributed by atoms with Crippen LogP contribution in [0.25, 0.3) is 0 Å². The summed E-state index contributed by atoms with van der Waals surface area (Å²) in [5.74, 6) is 1.19. The number of allylic oxidation sites excluding steroid dienone is 2. The zero-order valence-electron chi connectivity index (χ0n) is 20.8. The summed E-state index contributed by atoms with van der Waals surface area (Å²) >= 11 is 0. The summed E-state index contributed by atoms with van der Waals surface area (Å²) < 4.78 is 5.44. The van der Waals surface area contributed by atoms with Crippen molar-refractivity contribution in [3.05, 3.63) is 31.7 Å². The molecule has 0 heterocycles. The van der Waals surface area contributed by atoms with Gasteiger partial charge < -0.3 is 9.84 Å². The van der Waals surface area contributed by atoms with Crippen LogP contribution in [0.3, 0.4) is 0 Å². The second-order valence-electron chi connectivity index (χ2n) is 12.2. The molecular formula is C28H47O2Rh-. The van der Waals surface area contributed by atoms with Crippen LogP contribution < -0.4 is 0 Å². The Balaban J connectivity index is 0.00000341. The van der Waals surface area contributed by atoms with Crippen molar-refractivity contribution in [1.82, 2.24) is 0 Å². The maximum Gasteiger partial charge on any atom is 0.0885 e. The summed E-state index contributed by atoms with van der Waals surface area (Å²) in [7, 11) is 1.71. The second-order valence-corrected chi connectivity index (χ2v) is 12.2. The molecule has 3 aliphatic rings. The van der Waals surface area contributed by atoms with Gasteiger partial charge in [0, 0.05) is 26.6 Å². The van der Waals surface area contributed by atoms with E-state index >= 15 is 0 Å². The van der Waals surface area contributed by atoms with Gasteiger partial charge in [0.05, 0.1) is 12.2 Å². The van der Waals surface area contributed by atoms with Crippen LogP contribution >= 0.6 is 0 Å². The molecule has 0 aromatic carbocycles. The molecule has 0 unspecified atom stereocenters. The Morgan fingerprint density at radius 3 is 2.42 bits per heavy atom. The molecule has 1 N–H and O–H groups in total. The van der Waals surface area contributed by atoms with Crippen LogP contribution in [0.4, 0.5) is 0 Å². The summed E-state index contributed by atoms with van der Waals surface area (Å²) in [4.78, 5) is 0. The maximum absolute atomic E-state index is 11.3. The minimum Gasteiger partial charge on any atom is -0.387 e. The van der Waals surface area contributed by atoms with Gasteiger partial charge in [0.2, 0.25) is 0 Å². The molecule has 3 fully saturated rings. The molecular weight excluding hydrogens is 471 g/mol. The molecule has 31 heavy (non-hydrogen) atoms. The van der Waals surface area contributed by atoms with Crippen LogP contribution in [0.5, 0.6) is 0 Å². The Morgan fingerprint density at radius 1 is 1.19 bits per heavy atom. The van der Waals surface area contributed by atoms with Gasteiger partial charge in [0.25, 0.3) is 0 Å². The molecule has 0 saturated heterocycles. The molecule has 0 aromatic heterocycles. The van der Waals surface area contributed by atoms with E-state index in [2.05, 4.69) is 53.9 Å². The Labute approximate surface area is 205 Å². The SMILES string of the molecule is C=C[C@@]12CC[C@H](C(=C)[CH2-])[C@@]1(C)CC[C@]1(C)C[C@@](C)(C[C@](O)(CCC)COC)CC[C@H]12.[Rh]. The largest absolute Gasteiger partial charge is 0.387 e. The summed E-state index contributed by atoms with van der Waals surface area (Å²) in [5, 5.41) is 11.3. The molecule has 181 valence electrons. The third-order valence-corrected chi connectivity index (χ3v) is 9.97. The first-order valence-corrected chi connectivity index (χ1v) is 12.3. The number of methoxy groups -OCH3 is 1. The normalized spacial score (nSPS) is 43.8. The third-order valence-electron chi connectivity index (χ3n) is 9.97. The predicted molar refractivity (Wildman–Crippen MR) is 127 cm³/mol. The van der Waals surface area contributed by atoms with E-state index < -0.39 is 5.60 Å². The van der Waals surface area contributed by atoms with E-state index in [-0.39, 0.29) is 35.7 Å². The van der Waals surface area contributed by atoms with Crippen LogP contribution in [0.15, 0.2) is 24.8 Å². The average molecular weight is 519 g/mol. The number of ether oxygens (including phenoxy) is 1. The Morgan fingerprint density at radius 2 is 1.87 bits per heavy atom. The maximum atomic E-state index is 11.3. The Bertz CT molecular complexity index is 668. The van der Waals surface area contributed by atoms with Gasteiger partial charge in [-0.1, -0.05) is 40.2 Å². The monoisotopic (exact) mass is 518 g/mol. The topological polar surface area (TPSA) is 29.5 Å². The zero-order chi connectivity index (χ0) is 22.4. The van der Waals surface area contributed by atoms with E-state index in [9.17, 15) is 5.11 Å². The van der Waals surface area contributed by atoms with Crippen molar-refractivity contribution in [1.29, 1.82) is 0 Å². The van der Waals surface area contributed by atoms with Gasteiger partial charge in [0.1, 0.15) is 0 Å². The summed E-state index contributed by atoms with van der Waals surface area (Å²) in [5.41, 5.74) is 1.32. The van der Waals surface area contributed by atoms with Gasteiger partial charge in [-0.25, -0.2) is 19.1 Å². The molecule has 0 aliphatic heterocycles. The quantitative estimate of drug-likeness (QED) is 0.210. The number of hydrogen-bond donors (Lipinski definition) is 1. The van der Waals surface area contributed by atoms with Crippen LogP contribution in [0.1, 0.15) is 91.9 Å². The molecule has 3 aliphatic carbocycles. The fourth-order valence-corrected chi connectivity index (χ4v) is 9.03. The average Bonchev–Trinajstić information content (AvgIpc) is 2.94. The molecule has 1 radical (unpaired) electrons. The van der Waals surface area contributed by atoms with Gasteiger partial charge in [-0.3, -0.25) is 0 Å². The van der Waals surface area contributed by atoms with E-state index in [1.54, 1.807) is 7.11 Å². The summed E-state index contributed by atoms with van der Waals surface area (Å²) in [6.45, 7) is 23.0. The van der Waals surface area contributed by atoms with E-state index in [0.717, 1.165) is 24.8 Å². The number of fused-ring (bicyclic) bond motifs is 3. The van der Waals surface area contributed by atoms with Crippen molar-refractivity contribution >= 4 is 0 Å². The van der Waals surface area contributed by atoms with Crippen molar-refractivity contribution in [2.45, 2.75) is 97.5 Å². The molecule has 3 rings (SSSR count).